The van der Waals surface area contributed by atoms with Crippen molar-refractivity contribution in [3.63, 3.8) is 0 Å². The second-order valence-corrected chi connectivity index (χ2v) is 8.43. The Kier molecular flexibility index (Phi) is 6.24. The number of rotatable bonds is 6. The molecule has 4 amide bonds. The molecule has 1 unspecified atom stereocenters. The monoisotopic (exact) mass is 417 g/mol. The van der Waals surface area contributed by atoms with E-state index in [1.807, 2.05) is 0 Å². The molecule has 3 rings (SSSR count). The number of urea groups is 1. The van der Waals surface area contributed by atoms with Crippen LogP contribution < -0.4 is 14.8 Å². The van der Waals surface area contributed by atoms with Gasteiger partial charge in [-0.3, -0.25) is 14.5 Å². The molecule has 8 nitrogen and oxygen atoms in total. The molecule has 30 heavy (non-hydrogen) atoms. The molecule has 0 radical (unpaired) electrons. The van der Waals surface area contributed by atoms with E-state index >= 15 is 0 Å². The Hall–Kier alpha value is -2.77. The summed E-state index contributed by atoms with van der Waals surface area (Å²) in [6.07, 6.45) is 4.07. The molecule has 1 atom stereocenters. The van der Waals surface area contributed by atoms with E-state index < -0.39 is 17.5 Å². The molecule has 2 aliphatic rings. The van der Waals surface area contributed by atoms with E-state index in [0.29, 0.717) is 23.0 Å². The van der Waals surface area contributed by atoms with Crippen molar-refractivity contribution in [3.05, 3.63) is 23.8 Å². The number of amides is 4. The smallest absolute Gasteiger partial charge is 0.325 e. The molecule has 1 saturated carbocycles. The first-order chi connectivity index (χ1) is 14.2. The van der Waals surface area contributed by atoms with Crippen molar-refractivity contribution >= 4 is 17.8 Å². The fourth-order valence-corrected chi connectivity index (χ4v) is 4.26. The number of carbonyl (C=O) groups excluding carboxylic acids is 3. The average Bonchev–Trinajstić information content (AvgIpc) is 2.97. The fraction of sp³-hybridized carbons (Fsp3) is 0.591. The summed E-state index contributed by atoms with van der Waals surface area (Å²) in [5.41, 5.74) is -0.724. The maximum atomic E-state index is 13.2. The van der Waals surface area contributed by atoms with Gasteiger partial charge in [0.2, 0.25) is 5.91 Å². The lowest BCUT2D eigenvalue weighted by Crippen LogP contribution is -2.47. The van der Waals surface area contributed by atoms with E-state index in [1.54, 1.807) is 37.1 Å². The first kappa shape index (κ1) is 21.9. The van der Waals surface area contributed by atoms with Gasteiger partial charge in [-0.2, -0.15) is 0 Å². The zero-order valence-corrected chi connectivity index (χ0v) is 18.4. The van der Waals surface area contributed by atoms with Crippen molar-refractivity contribution in [2.75, 3.05) is 27.8 Å². The van der Waals surface area contributed by atoms with Gasteiger partial charge in [0, 0.05) is 13.1 Å². The van der Waals surface area contributed by atoms with E-state index in [2.05, 4.69) is 12.2 Å². The Morgan fingerprint density at radius 1 is 1.17 bits per heavy atom. The number of ether oxygens (including phenoxy) is 2. The van der Waals surface area contributed by atoms with Gasteiger partial charge in [-0.15, -0.1) is 0 Å². The van der Waals surface area contributed by atoms with Crippen LogP contribution in [0.1, 0.15) is 45.1 Å². The van der Waals surface area contributed by atoms with Gasteiger partial charge in [-0.25, -0.2) is 4.79 Å². The summed E-state index contributed by atoms with van der Waals surface area (Å²) in [5, 5.41) is 2.74. The third kappa shape index (κ3) is 3.95. The zero-order valence-electron chi connectivity index (χ0n) is 18.4. The van der Waals surface area contributed by atoms with Crippen molar-refractivity contribution < 1.29 is 23.9 Å². The minimum Gasteiger partial charge on any atom is -0.493 e. The van der Waals surface area contributed by atoms with Crippen molar-refractivity contribution in [2.45, 2.75) is 51.1 Å². The predicted molar refractivity (Wildman–Crippen MR) is 111 cm³/mol. The SMILES string of the molecule is COc1ccc(C2(C)NC(=O)N(CC(=O)N(C)C3CCC(C)CC3)C2=O)cc1OC. The largest absolute Gasteiger partial charge is 0.493 e. The molecule has 1 aliphatic carbocycles. The van der Waals surface area contributed by atoms with Crippen LogP contribution >= 0.6 is 0 Å². The van der Waals surface area contributed by atoms with Crippen LogP contribution in [0.15, 0.2) is 18.2 Å². The number of methoxy groups -OCH3 is 2. The number of carbonyl (C=O) groups is 3. The predicted octanol–water partition coefficient (Wildman–Crippen LogP) is 2.51. The molecular formula is C22H31N3O5. The summed E-state index contributed by atoms with van der Waals surface area (Å²) in [7, 11) is 4.79. The number of nitrogens with one attached hydrogen (secondary N) is 1. The number of imide groups is 1. The number of nitrogens with zero attached hydrogens (tertiary/aromatic N) is 2. The first-order valence-electron chi connectivity index (χ1n) is 10.3. The van der Waals surface area contributed by atoms with E-state index in [9.17, 15) is 14.4 Å². The van der Waals surface area contributed by atoms with Crippen LogP contribution in [0.5, 0.6) is 11.5 Å². The van der Waals surface area contributed by atoms with Gasteiger partial charge >= 0.3 is 6.03 Å². The van der Waals surface area contributed by atoms with Crippen molar-refractivity contribution in [2.24, 2.45) is 5.92 Å². The summed E-state index contributed by atoms with van der Waals surface area (Å²) < 4.78 is 10.6. The Balaban J connectivity index is 1.75. The van der Waals surface area contributed by atoms with Crippen LogP contribution in [0, 0.1) is 5.92 Å². The lowest BCUT2D eigenvalue weighted by molar-refractivity contribution is -0.139. The molecule has 8 heteroatoms. The summed E-state index contributed by atoms with van der Waals surface area (Å²) >= 11 is 0. The fourth-order valence-electron chi connectivity index (χ4n) is 4.26. The Morgan fingerprint density at radius 3 is 2.40 bits per heavy atom. The summed E-state index contributed by atoms with van der Waals surface area (Å²) in [4.78, 5) is 41.3. The quantitative estimate of drug-likeness (QED) is 0.719. The summed E-state index contributed by atoms with van der Waals surface area (Å²) in [5.74, 6) is 0.974. The third-order valence-corrected chi connectivity index (χ3v) is 6.46. The van der Waals surface area contributed by atoms with Crippen LogP contribution in [0.3, 0.4) is 0 Å². The number of hydrogen-bond acceptors (Lipinski definition) is 5. The van der Waals surface area contributed by atoms with Gasteiger partial charge in [-0.1, -0.05) is 13.0 Å². The lowest BCUT2D eigenvalue weighted by atomic mass is 9.87. The zero-order chi connectivity index (χ0) is 22.1. The maximum absolute atomic E-state index is 13.2. The van der Waals surface area contributed by atoms with E-state index in [0.717, 1.165) is 30.6 Å². The van der Waals surface area contributed by atoms with Crippen LogP contribution in [-0.2, 0) is 15.1 Å². The molecule has 1 N–H and O–H groups in total. The highest BCUT2D eigenvalue weighted by molar-refractivity contribution is 6.09. The number of likely N-dealkylation sites (N-methyl/N-ethyl adjacent to an activating group) is 1. The summed E-state index contributed by atoms with van der Waals surface area (Å²) in [6.45, 7) is 3.58. The Labute approximate surface area is 177 Å². The highest BCUT2D eigenvalue weighted by Crippen LogP contribution is 2.35. The molecule has 1 saturated heterocycles. The highest BCUT2D eigenvalue weighted by Gasteiger charge is 2.50. The van der Waals surface area contributed by atoms with Crippen molar-refractivity contribution in [1.29, 1.82) is 0 Å². The van der Waals surface area contributed by atoms with E-state index in [4.69, 9.17) is 9.47 Å². The molecule has 164 valence electrons. The number of hydrogen-bond donors (Lipinski definition) is 1. The van der Waals surface area contributed by atoms with Gasteiger partial charge in [0.15, 0.2) is 11.5 Å². The highest BCUT2D eigenvalue weighted by atomic mass is 16.5. The molecular weight excluding hydrogens is 386 g/mol. The second kappa shape index (κ2) is 8.53. The average molecular weight is 418 g/mol. The van der Waals surface area contributed by atoms with Gasteiger partial charge in [0.05, 0.1) is 14.2 Å². The maximum Gasteiger partial charge on any atom is 0.325 e. The first-order valence-corrected chi connectivity index (χ1v) is 10.3. The second-order valence-electron chi connectivity index (χ2n) is 8.43. The molecule has 1 aromatic carbocycles. The Bertz CT molecular complexity index is 834. The van der Waals surface area contributed by atoms with Crippen molar-refractivity contribution in [3.8, 4) is 11.5 Å². The van der Waals surface area contributed by atoms with E-state index in [1.165, 1.54) is 14.2 Å². The van der Waals surface area contributed by atoms with Crippen LogP contribution in [0.25, 0.3) is 0 Å². The van der Waals surface area contributed by atoms with E-state index in [-0.39, 0.29) is 18.5 Å². The van der Waals surface area contributed by atoms with Gasteiger partial charge in [0.1, 0.15) is 12.1 Å². The minimum atomic E-state index is -1.28. The molecule has 1 aliphatic heterocycles. The molecule has 2 fully saturated rings. The lowest BCUT2D eigenvalue weighted by Gasteiger charge is -2.34. The normalized spacial score (nSPS) is 26.4. The minimum absolute atomic E-state index is 0.159. The van der Waals surface area contributed by atoms with Gasteiger partial charge in [-0.05, 0) is 56.2 Å². The van der Waals surface area contributed by atoms with Crippen LogP contribution in [0.2, 0.25) is 0 Å². The standard InChI is InChI=1S/C22H31N3O5/c1-14-6-9-16(10-7-14)24(3)19(26)13-25-20(27)22(2,23-21(25)28)15-8-11-17(29-4)18(12-15)30-5/h8,11-12,14,16H,6-7,9-10,13H2,1-5H3,(H,23,28). The van der Waals surface area contributed by atoms with Crippen LogP contribution in [0.4, 0.5) is 4.79 Å². The van der Waals surface area contributed by atoms with Crippen LogP contribution in [-0.4, -0.2) is 61.5 Å². The molecule has 1 heterocycles. The van der Waals surface area contributed by atoms with Crippen molar-refractivity contribution in [1.82, 2.24) is 15.1 Å². The molecule has 0 spiro atoms. The topological polar surface area (TPSA) is 88.2 Å². The molecule has 1 aromatic rings. The number of benzene rings is 1. The molecule has 0 bridgehead atoms. The third-order valence-electron chi connectivity index (χ3n) is 6.46. The summed E-state index contributed by atoms with van der Waals surface area (Å²) in [6, 6.07) is 4.64. The molecule has 0 aromatic heterocycles. The van der Waals surface area contributed by atoms with Gasteiger partial charge < -0.3 is 19.7 Å². The Morgan fingerprint density at radius 2 is 1.80 bits per heavy atom. The van der Waals surface area contributed by atoms with Gasteiger partial charge in [0.25, 0.3) is 5.91 Å².